The van der Waals surface area contributed by atoms with E-state index in [2.05, 4.69) is 10.6 Å². The maximum Gasteiger partial charge on any atom is 0.326 e. The Morgan fingerprint density at radius 3 is 2.62 bits per heavy atom. The molecule has 0 radical (unpaired) electrons. The van der Waals surface area contributed by atoms with Crippen molar-refractivity contribution >= 4 is 11.9 Å². The van der Waals surface area contributed by atoms with Gasteiger partial charge in [-0.05, 0) is 31.7 Å². The number of carbonyl (C=O) groups is 2. The molecule has 0 spiro atoms. The monoisotopic (exact) mass is 228 g/mol. The van der Waals surface area contributed by atoms with Gasteiger partial charge < -0.3 is 15.7 Å². The lowest BCUT2D eigenvalue weighted by atomic mass is 10.1. The van der Waals surface area contributed by atoms with Crippen LogP contribution in [0.2, 0.25) is 0 Å². The fourth-order valence-electron chi connectivity index (χ4n) is 1.50. The van der Waals surface area contributed by atoms with Crippen LogP contribution in [0.15, 0.2) is 0 Å². The molecule has 0 aromatic heterocycles. The number of carbonyl (C=O) groups excluding carboxylic acids is 1. The van der Waals surface area contributed by atoms with Gasteiger partial charge in [0.15, 0.2) is 0 Å². The molecule has 1 rings (SSSR count). The van der Waals surface area contributed by atoms with E-state index in [0.29, 0.717) is 6.42 Å². The van der Waals surface area contributed by atoms with Crippen LogP contribution < -0.4 is 10.6 Å². The SMILES string of the molecule is CCCC(NC(=O)CNCC1CC1)C(=O)O. The summed E-state index contributed by atoms with van der Waals surface area (Å²) in [4.78, 5) is 22.2. The average molecular weight is 228 g/mol. The van der Waals surface area contributed by atoms with Crippen LogP contribution in [0.25, 0.3) is 0 Å². The van der Waals surface area contributed by atoms with Crippen molar-refractivity contribution in [1.29, 1.82) is 0 Å². The van der Waals surface area contributed by atoms with Gasteiger partial charge in [0.25, 0.3) is 0 Å². The van der Waals surface area contributed by atoms with Gasteiger partial charge in [0, 0.05) is 0 Å². The van der Waals surface area contributed by atoms with Gasteiger partial charge in [-0.15, -0.1) is 0 Å². The number of hydrogen-bond donors (Lipinski definition) is 3. The van der Waals surface area contributed by atoms with Gasteiger partial charge in [0.05, 0.1) is 6.54 Å². The summed E-state index contributed by atoms with van der Waals surface area (Å²) in [6, 6.07) is -0.750. The van der Waals surface area contributed by atoms with Crippen LogP contribution in [-0.4, -0.2) is 36.1 Å². The third-order valence-electron chi connectivity index (χ3n) is 2.63. The molecule has 16 heavy (non-hydrogen) atoms. The topological polar surface area (TPSA) is 78.4 Å². The van der Waals surface area contributed by atoms with Gasteiger partial charge >= 0.3 is 5.97 Å². The standard InChI is InChI=1S/C11H20N2O3/c1-2-3-9(11(15)16)13-10(14)7-12-6-8-4-5-8/h8-9,12H,2-7H2,1H3,(H,13,14)(H,15,16). The molecule has 0 aliphatic heterocycles. The second-order valence-electron chi connectivity index (χ2n) is 4.32. The molecule has 1 atom stereocenters. The summed E-state index contributed by atoms with van der Waals surface area (Å²) in [5.74, 6) is -0.474. The van der Waals surface area contributed by atoms with E-state index < -0.39 is 12.0 Å². The van der Waals surface area contributed by atoms with E-state index in [4.69, 9.17) is 5.11 Å². The van der Waals surface area contributed by atoms with Crippen molar-refractivity contribution in [3.05, 3.63) is 0 Å². The fourth-order valence-corrected chi connectivity index (χ4v) is 1.50. The number of carboxylic acid groups (broad SMARTS) is 1. The first-order valence-corrected chi connectivity index (χ1v) is 5.86. The third kappa shape index (κ3) is 5.11. The van der Waals surface area contributed by atoms with Gasteiger partial charge in [-0.3, -0.25) is 4.79 Å². The largest absolute Gasteiger partial charge is 0.480 e. The number of carboxylic acids is 1. The minimum atomic E-state index is -0.961. The molecule has 0 saturated heterocycles. The Morgan fingerprint density at radius 2 is 2.12 bits per heavy atom. The summed E-state index contributed by atoms with van der Waals surface area (Å²) in [7, 11) is 0. The lowest BCUT2D eigenvalue weighted by Gasteiger charge is -2.13. The summed E-state index contributed by atoms with van der Waals surface area (Å²) in [5, 5.41) is 14.4. The van der Waals surface area contributed by atoms with E-state index in [-0.39, 0.29) is 12.5 Å². The van der Waals surface area contributed by atoms with Gasteiger partial charge in [-0.25, -0.2) is 4.79 Å². The summed E-state index contributed by atoms with van der Waals surface area (Å²) < 4.78 is 0. The quantitative estimate of drug-likeness (QED) is 0.560. The van der Waals surface area contributed by atoms with Crippen molar-refractivity contribution in [2.45, 2.75) is 38.6 Å². The average Bonchev–Trinajstić information content (AvgIpc) is 3.01. The number of nitrogens with one attached hydrogen (secondary N) is 2. The molecule has 1 unspecified atom stereocenters. The van der Waals surface area contributed by atoms with E-state index in [1.807, 2.05) is 6.92 Å². The molecule has 0 aromatic carbocycles. The molecule has 92 valence electrons. The Kier molecular flexibility index (Phi) is 5.25. The Balaban J connectivity index is 2.15. The zero-order valence-electron chi connectivity index (χ0n) is 9.66. The summed E-state index contributed by atoms with van der Waals surface area (Å²) in [6.07, 6.45) is 3.70. The molecule has 1 fully saturated rings. The third-order valence-corrected chi connectivity index (χ3v) is 2.63. The smallest absolute Gasteiger partial charge is 0.326 e. The van der Waals surface area contributed by atoms with Crippen molar-refractivity contribution in [1.82, 2.24) is 10.6 Å². The maximum absolute atomic E-state index is 11.4. The molecular weight excluding hydrogens is 208 g/mol. The van der Waals surface area contributed by atoms with Crippen LogP contribution in [0, 0.1) is 5.92 Å². The minimum Gasteiger partial charge on any atom is -0.480 e. The summed E-state index contributed by atoms with van der Waals surface area (Å²) >= 11 is 0. The van der Waals surface area contributed by atoms with Crippen LogP contribution in [0.1, 0.15) is 32.6 Å². The molecule has 0 aromatic rings. The van der Waals surface area contributed by atoms with Crippen molar-refractivity contribution in [3.8, 4) is 0 Å². The second kappa shape index (κ2) is 6.48. The zero-order chi connectivity index (χ0) is 12.0. The Bertz CT molecular complexity index is 252. The van der Waals surface area contributed by atoms with Crippen molar-refractivity contribution in [2.24, 2.45) is 5.92 Å². The second-order valence-corrected chi connectivity index (χ2v) is 4.32. The predicted octanol–water partition coefficient (Wildman–Crippen LogP) is 0.355. The van der Waals surface area contributed by atoms with Crippen LogP contribution in [0.4, 0.5) is 0 Å². The first-order chi connectivity index (χ1) is 7.63. The minimum absolute atomic E-state index is 0.212. The highest BCUT2D eigenvalue weighted by molar-refractivity contribution is 5.84. The molecule has 1 aliphatic carbocycles. The molecule has 1 saturated carbocycles. The van der Waals surface area contributed by atoms with Gasteiger partial charge in [0.2, 0.25) is 5.91 Å². The van der Waals surface area contributed by atoms with E-state index in [1.54, 1.807) is 0 Å². The normalized spacial score (nSPS) is 16.8. The highest BCUT2D eigenvalue weighted by Gasteiger charge is 2.21. The number of aliphatic carboxylic acids is 1. The lowest BCUT2D eigenvalue weighted by Crippen LogP contribution is -2.44. The highest BCUT2D eigenvalue weighted by Crippen LogP contribution is 2.27. The van der Waals surface area contributed by atoms with Gasteiger partial charge in [-0.1, -0.05) is 13.3 Å². The Hall–Kier alpha value is -1.10. The molecule has 1 aliphatic rings. The van der Waals surface area contributed by atoms with E-state index >= 15 is 0 Å². The first-order valence-electron chi connectivity index (χ1n) is 5.86. The van der Waals surface area contributed by atoms with Gasteiger partial charge in [-0.2, -0.15) is 0 Å². The molecule has 3 N–H and O–H groups in total. The maximum atomic E-state index is 11.4. The molecular formula is C11H20N2O3. The molecule has 5 nitrogen and oxygen atoms in total. The van der Waals surface area contributed by atoms with E-state index in [1.165, 1.54) is 12.8 Å². The van der Waals surface area contributed by atoms with E-state index in [9.17, 15) is 9.59 Å². The first kappa shape index (κ1) is 13.0. The van der Waals surface area contributed by atoms with Crippen LogP contribution in [-0.2, 0) is 9.59 Å². The van der Waals surface area contributed by atoms with Crippen LogP contribution in [0.3, 0.4) is 0 Å². The van der Waals surface area contributed by atoms with Crippen molar-refractivity contribution in [2.75, 3.05) is 13.1 Å². The van der Waals surface area contributed by atoms with Crippen molar-refractivity contribution < 1.29 is 14.7 Å². The van der Waals surface area contributed by atoms with E-state index in [0.717, 1.165) is 18.9 Å². The number of rotatable bonds is 8. The molecule has 5 heteroatoms. The predicted molar refractivity (Wildman–Crippen MR) is 60.1 cm³/mol. The zero-order valence-corrected chi connectivity index (χ0v) is 9.66. The molecule has 0 bridgehead atoms. The highest BCUT2D eigenvalue weighted by atomic mass is 16.4. The summed E-state index contributed by atoms with van der Waals surface area (Å²) in [5.41, 5.74) is 0. The molecule has 0 heterocycles. The van der Waals surface area contributed by atoms with Crippen LogP contribution in [0.5, 0.6) is 0 Å². The van der Waals surface area contributed by atoms with Crippen LogP contribution >= 0.6 is 0 Å². The number of amides is 1. The Labute approximate surface area is 95.6 Å². The van der Waals surface area contributed by atoms with Gasteiger partial charge in [0.1, 0.15) is 6.04 Å². The fraction of sp³-hybridized carbons (Fsp3) is 0.818. The van der Waals surface area contributed by atoms with Crippen molar-refractivity contribution in [3.63, 3.8) is 0 Å². The number of hydrogen-bond acceptors (Lipinski definition) is 3. The Morgan fingerprint density at radius 1 is 1.44 bits per heavy atom. The summed E-state index contributed by atoms with van der Waals surface area (Å²) in [6.45, 7) is 2.97. The molecule has 1 amide bonds. The lowest BCUT2D eigenvalue weighted by molar-refractivity contribution is -0.141.